The Morgan fingerprint density at radius 2 is 2.28 bits per heavy atom. The van der Waals surface area contributed by atoms with Crippen LogP contribution in [0.4, 0.5) is 0 Å². The maximum atomic E-state index is 12.7. The number of hydrogen-bond donors (Lipinski definition) is 1. The van der Waals surface area contributed by atoms with Gasteiger partial charge in [0.25, 0.3) is 0 Å². The first-order chi connectivity index (χ1) is 12.1. The third kappa shape index (κ3) is 4.20. The maximum absolute atomic E-state index is 12.7. The third-order valence-electron chi connectivity index (χ3n) is 4.23. The van der Waals surface area contributed by atoms with Crippen molar-refractivity contribution in [2.24, 2.45) is 5.73 Å². The Kier molecular flexibility index (Phi) is 5.38. The number of nitrogens with two attached hydrogens (primary N) is 1. The van der Waals surface area contributed by atoms with Gasteiger partial charge < -0.3 is 19.8 Å². The van der Waals surface area contributed by atoms with Gasteiger partial charge in [-0.25, -0.2) is 4.98 Å². The highest BCUT2D eigenvalue weighted by Crippen LogP contribution is 2.24. The SMILES string of the molecule is CC(C)c1nc2c(o1)CCN(C(=O)Cc1cccc(OCCN)c1)C2. The molecule has 3 rings (SSSR count). The zero-order valence-corrected chi connectivity index (χ0v) is 14.8. The van der Waals surface area contributed by atoms with Crippen LogP contribution in [0.1, 0.15) is 42.7 Å². The van der Waals surface area contributed by atoms with E-state index in [1.807, 2.05) is 29.2 Å². The average Bonchev–Trinajstić information content (AvgIpc) is 3.04. The van der Waals surface area contributed by atoms with Gasteiger partial charge in [0.05, 0.1) is 13.0 Å². The van der Waals surface area contributed by atoms with E-state index in [1.165, 1.54) is 0 Å². The molecule has 1 aromatic carbocycles. The molecule has 0 aliphatic carbocycles. The predicted molar refractivity (Wildman–Crippen MR) is 94.4 cm³/mol. The fourth-order valence-corrected chi connectivity index (χ4v) is 2.89. The van der Waals surface area contributed by atoms with Gasteiger partial charge >= 0.3 is 0 Å². The maximum Gasteiger partial charge on any atom is 0.227 e. The summed E-state index contributed by atoms with van der Waals surface area (Å²) in [6, 6.07) is 7.61. The largest absolute Gasteiger partial charge is 0.492 e. The molecule has 134 valence electrons. The van der Waals surface area contributed by atoms with Crippen molar-refractivity contribution in [3.63, 3.8) is 0 Å². The second kappa shape index (κ2) is 7.70. The topological polar surface area (TPSA) is 81.6 Å². The second-order valence-corrected chi connectivity index (χ2v) is 6.60. The van der Waals surface area contributed by atoms with E-state index in [-0.39, 0.29) is 11.8 Å². The molecule has 0 saturated heterocycles. The van der Waals surface area contributed by atoms with E-state index in [0.717, 1.165) is 35.1 Å². The monoisotopic (exact) mass is 343 g/mol. The van der Waals surface area contributed by atoms with Crippen LogP contribution in [0, 0.1) is 0 Å². The van der Waals surface area contributed by atoms with Crippen molar-refractivity contribution >= 4 is 5.91 Å². The Bertz CT molecular complexity index is 739. The smallest absolute Gasteiger partial charge is 0.227 e. The van der Waals surface area contributed by atoms with Gasteiger partial charge in [0, 0.05) is 25.4 Å². The lowest BCUT2D eigenvalue weighted by Crippen LogP contribution is -2.36. The molecular weight excluding hydrogens is 318 g/mol. The number of nitrogens with zero attached hydrogens (tertiary/aromatic N) is 2. The van der Waals surface area contributed by atoms with E-state index >= 15 is 0 Å². The Hall–Kier alpha value is -2.34. The third-order valence-corrected chi connectivity index (χ3v) is 4.23. The van der Waals surface area contributed by atoms with E-state index in [4.69, 9.17) is 14.9 Å². The number of aromatic nitrogens is 1. The summed E-state index contributed by atoms with van der Waals surface area (Å²) in [6.45, 7) is 6.24. The van der Waals surface area contributed by atoms with Gasteiger partial charge in [0.1, 0.15) is 23.8 Å². The molecule has 0 bridgehead atoms. The van der Waals surface area contributed by atoms with Crippen LogP contribution in [0.3, 0.4) is 0 Å². The first-order valence-corrected chi connectivity index (χ1v) is 8.75. The first kappa shape index (κ1) is 17.5. The van der Waals surface area contributed by atoms with Gasteiger partial charge in [0.2, 0.25) is 5.91 Å². The molecule has 25 heavy (non-hydrogen) atoms. The van der Waals surface area contributed by atoms with Gasteiger partial charge in [-0.2, -0.15) is 0 Å². The zero-order valence-electron chi connectivity index (χ0n) is 14.8. The molecule has 6 heteroatoms. The molecular formula is C19H25N3O3. The summed E-state index contributed by atoms with van der Waals surface area (Å²) in [4.78, 5) is 19.0. The standard InChI is InChI=1S/C19H25N3O3/c1-13(2)19-21-16-12-22(8-6-17(16)25-19)18(23)11-14-4-3-5-15(10-14)24-9-7-20/h3-5,10,13H,6-9,11-12,20H2,1-2H3. The molecule has 1 aromatic heterocycles. The summed E-state index contributed by atoms with van der Waals surface area (Å²) in [5.74, 6) is 2.77. The van der Waals surface area contributed by atoms with Crippen molar-refractivity contribution in [1.82, 2.24) is 9.88 Å². The molecule has 1 aliphatic heterocycles. The van der Waals surface area contributed by atoms with Gasteiger partial charge in [0.15, 0.2) is 5.89 Å². The van der Waals surface area contributed by atoms with Gasteiger partial charge in [-0.3, -0.25) is 4.79 Å². The summed E-state index contributed by atoms with van der Waals surface area (Å²) < 4.78 is 11.3. The lowest BCUT2D eigenvalue weighted by molar-refractivity contribution is -0.131. The molecule has 0 saturated carbocycles. The molecule has 0 atom stereocenters. The summed E-state index contributed by atoms with van der Waals surface area (Å²) in [7, 11) is 0. The Labute approximate surface area is 148 Å². The minimum Gasteiger partial charge on any atom is -0.492 e. The normalized spacial score (nSPS) is 13.8. The molecule has 0 fully saturated rings. The fourth-order valence-electron chi connectivity index (χ4n) is 2.89. The minimum absolute atomic E-state index is 0.0933. The van der Waals surface area contributed by atoms with Crippen LogP contribution in [0.5, 0.6) is 5.75 Å². The van der Waals surface area contributed by atoms with Crippen molar-refractivity contribution < 1.29 is 13.9 Å². The summed E-state index contributed by atoms with van der Waals surface area (Å²) in [5.41, 5.74) is 7.28. The van der Waals surface area contributed by atoms with Crippen LogP contribution in [0.15, 0.2) is 28.7 Å². The molecule has 1 aliphatic rings. The summed E-state index contributed by atoms with van der Waals surface area (Å²) in [5, 5.41) is 0. The van der Waals surface area contributed by atoms with Crippen molar-refractivity contribution in [3.8, 4) is 5.75 Å². The van der Waals surface area contributed by atoms with E-state index in [9.17, 15) is 4.79 Å². The first-order valence-electron chi connectivity index (χ1n) is 8.75. The van der Waals surface area contributed by atoms with Crippen LogP contribution in [-0.4, -0.2) is 35.5 Å². The highest BCUT2D eigenvalue weighted by Gasteiger charge is 2.26. The molecule has 2 aromatic rings. The minimum atomic E-state index is 0.0933. The molecule has 0 spiro atoms. The van der Waals surface area contributed by atoms with E-state index in [1.54, 1.807) is 0 Å². The quantitative estimate of drug-likeness (QED) is 0.870. The Balaban J connectivity index is 1.64. The number of carbonyl (C=O) groups excluding carboxylic acids is 1. The Morgan fingerprint density at radius 1 is 1.44 bits per heavy atom. The molecule has 2 N–H and O–H groups in total. The van der Waals surface area contributed by atoms with Crippen LogP contribution in [-0.2, 0) is 24.2 Å². The van der Waals surface area contributed by atoms with Gasteiger partial charge in [-0.15, -0.1) is 0 Å². The Morgan fingerprint density at radius 3 is 3.04 bits per heavy atom. The van der Waals surface area contributed by atoms with Crippen LogP contribution in [0.25, 0.3) is 0 Å². The van der Waals surface area contributed by atoms with Crippen molar-refractivity contribution in [3.05, 3.63) is 47.2 Å². The highest BCUT2D eigenvalue weighted by molar-refractivity contribution is 5.79. The number of fused-ring (bicyclic) bond motifs is 1. The summed E-state index contributed by atoms with van der Waals surface area (Å²) >= 11 is 0. The van der Waals surface area contributed by atoms with Crippen LogP contribution >= 0.6 is 0 Å². The number of carbonyl (C=O) groups is 1. The fraction of sp³-hybridized carbons (Fsp3) is 0.474. The number of benzene rings is 1. The van der Waals surface area contributed by atoms with Crippen molar-refractivity contribution in [2.75, 3.05) is 19.7 Å². The second-order valence-electron chi connectivity index (χ2n) is 6.60. The highest BCUT2D eigenvalue weighted by atomic mass is 16.5. The van der Waals surface area contributed by atoms with E-state index in [0.29, 0.717) is 32.7 Å². The van der Waals surface area contributed by atoms with Crippen LogP contribution < -0.4 is 10.5 Å². The number of oxazole rings is 1. The lowest BCUT2D eigenvalue weighted by Gasteiger charge is -2.25. The molecule has 1 amide bonds. The molecule has 2 heterocycles. The average molecular weight is 343 g/mol. The zero-order chi connectivity index (χ0) is 17.8. The van der Waals surface area contributed by atoms with Gasteiger partial charge in [-0.05, 0) is 17.7 Å². The number of amides is 1. The summed E-state index contributed by atoms with van der Waals surface area (Å²) in [6.07, 6.45) is 1.07. The predicted octanol–water partition coefficient (Wildman–Crippen LogP) is 2.26. The van der Waals surface area contributed by atoms with Crippen LogP contribution in [0.2, 0.25) is 0 Å². The molecule has 6 nitrogen and oxygen atoms in total. The molecule has 0 unspecified atom stereocenters. The van der Waals surface area contributed by atoms with E-state index in [2.05, 4.69) is 18.8 Å². The lowest BCUT2D eigenvalue weighted by atomic mass is 10.1. The number of hydrogen-bond acceptors (Lipinski definition) is 5. The van der Waals surface area contributed by atoms with Crippen molar-refractivity contribution in [1.29, 1.82) is 0 Å². The number of ether oxygens (including phenoxy) is 1. The van der Waals surface area contributed by atoms with Crippen molar-refractivity contribution in [2.45, 2.75) is 39.2 Å². The van der Waals surface area contributed by atoms with Gasteiger partial charge in [-0.1, -0.05) is 26.0 Å². The number of rotatable bonds is 6. The van der Waals surface area contributed by atoms with E-state index < -0.39 is 0 Å². The molecule has 0 radical (unpaired) electrons.